The molecule has 0 bridgehead atoms. The van der Waals surface area contributed by atoms with Crippen LogP contribution in [0.1, 0.15) is 25.0 Å². The van der Waals surface area contributed by atoms with E-state index in [1.165, 1.54) is 0 Å². The molecule has 0 aliphatic carbocycles. The minimum Gasteiger partial charge on any atom is -0.488 e. The molecule has 1 heterocycles. The summed E-state index contributed by atoms with van der Waals surface area (Å²) in [7, 11) is 0. The standard InChI is InChI=1S/C14H18N2O2/c1-10(2)18-13-7-15-16(8-13)14-5-4-11(3)6-12(14)9-17/h4-8,10,17H,9H2,1-3H3. The number of nitrogens with zero attached hydrogens (tertiary/aromatic N) is 2. The summed E-state index contributed by atoms with van der Waals surface area (Å²) in [5.41, 5.74) is 2.85. The SMILES string of the molecule is Cc1ccc(-n2cc(OC(C)C)cn2)c(CO)c1. The van der Waals surface area contributed by atoms with Gasteiger partial charge in [0.05, 0.1) is 30.8 Å². The molecular formula is C14H18N2O2. The highest BCUT2D eigenvalue weighted by Gasteiger charge is 2.07. The second kappa shape index (κ2) is 5.23. The van der Waals surface area contributed by atoms with Gasteiger partial charge in [-0.25, -0.2) is 4.68 Å². The molecule has 0 aliphatic rings. The highest BCUT2D eigenvalue weighted by molar-refractivity contribution is 5.43. The van der Waals surface area contributed by atoms with Crippen molar-refractivity contribution < 1.29 is 9.84 Å². The molecule has 2 aromatic rings. The van der Waals surface area contributed by atoms with E-state index in [0.717, 1.165) is 22.6 Å². The topological polar surface area (TPSA) is 47.3 Å². The van der Waals surface area contributed by atoms with Crippen molar-refractivity contribution in [3.63, 3.8) is 0 Å². The Morgan fingerprint density at radius 1 is 1.39 bits per heavy atom. The first kappa shape index (κ1) is 12.6. The van der Waals surface area contributed by atoms with Gasteiger partial charge in [-0.1, -0.05) is 17.7 Å². The van der Waals surface area contributed by atoms with Crippen molar-refractivity contribution >= 4 is 0 Å². The summed E-state index contributed by atoms with van der Waals surface area (Å²) in [6.45, 7) is 5.95. The van der Waals surface area contributed by atoms with Crippen LogP contribution in [0.3, 0.4) is 0 Å². The molecule has 4 nitrogen and oxygen atoms in total. The smallest absolute Gasteiger partial charge is 0.158 e. The first-order valence-electron chi connectivity index (χ1n) is 6.02. The Bertz CT molecular complexity index is 532. The molecule has 0 saturated carbocycles. The average molecular weight is 246 g/mol. The van der Waals surface area contributed by atoms with E-state index < -0.39 is 0 Å². The van der Waals surface area contributed by atoms with Gasteiger partial charge in [0.1, 0.15) is 0 Å². The highest BCUT2D eigenvalue weighted by Crippen LogP contribution is 2.19. The number of hydrogen-bond donors (Lipinski definition) is 1. The number of ether oxygens (including phenoxy) is 1. The Labute approximate surface area is 107 Å². The predicted molar refractivity (Wildman–Crippen MR) is 70.0 cm³/mol. The second-order valence-electron chi connectivity index (χ2n) is 4.58. The summed E-state index contributed by atoms with van der Waals surface area (Å²) < 4.78 is 7.29. The van der Waals surface area contributed by atoms with Crippen LogP contribution >= 0.6 is 0 Å². The third-order valence-corrected chi connectivity index (χ3v) is 2.58. The van der Waals surface area contributed by atoms with E-state index in [2.05, 4.69) is 5.10 Å². The lowest BCUT2D eigenvalue weighted by molar-refractivity contribution is 0.242. The number of aliphatic hydroxyl groups is 1. The lowest BCUT2D eigenvalue weighted by Gasteiger charge is -2.08. The molecule has 18 heavy (non-hydrogen) atoms. The largest absolute Gasteiger partial charge is 0.488 e. The molecule has 1 aromatic heterocycles. The van der Waals surface area contributed by atoms with Crippen LogP contribution in [0.5, 0.6) is 5.75 Å². The zero-order valence-corrected chi connectivity index (χ0v) is 10.9. The summed E-state index contributed by atoms with van der Waals surface area (Å²) in [6, 6.07) is 5.91. The van der Waals surface area contributed by atoms with Crippen molar-refractivity contribution in [2.24, 2.45) is 0 Å². The van der Waals surface area contributed by atoms with Crippen molar-refractivity contribution in [1.82, 2.24) is 9.78 Å². The van der Waals surface area contributed by atoms with Gasteiger partial charge in [0, 0.05) is 5.56 Å². The van der Waals surface area contributed by atoms with Crippen LogP contribution in [0.4, 0.5) is 0 Å². The van der Waals surface area contributed by atoms with E-state index in [9.17, 15) is 5.11 Å². The number of aliphatic hydroxyl groups excluding tert-OH is 1. The Morgan fingerprint density at radius 2 is 2.17 bits per heavy atom. The molecule has 1 N–H and O–H groups in total. The van der Waals surface area contributed by atoms with E-state index in [1.54, 1.807) is 10.9 Å². The lowest BCUT2D eigenvalue weighted by Crippen LogP contribution is -2.04. The van der Waals surface area contributed by atoms with Gasteiger partial charge in [-0.2, -0.15) is 5.10 Å². The maximum Gasteiger partial charge on any atom is 0.158 e. The Hall–Kier alpha value is -1.81. The normalized spacial score (nSPS) is 10.9. The lowest BCUT2D eigenvalue weighted by atomic mass is 10.1. The van der Waals surface area contributed by atoms with Crippen molar-refractivity contribution in [1.29, 1.82) is 0 Å². The van der Waals surface area contributed by atoms with Gasteiger partial charge in [0.25, 0.3) is 0 Å². The Balaban J connectivity index is 2.33. The zero-order chi connectivity index (χ0) is 13.1. The molecule has 0 saturated heterocycles. The van der Waals surface area contributed by atoms with Gasteiger partial charge >= 0.3 is 0 Å². The molecular weight excluding hydrogens is 228 g/mol. The molecule has 0 unspecified atom stereocenters. The summed E-state index contributed by atoms with van der Waals surface area (Å²) in [6.07, 6.45) is 3.63. The number of aromatic nitrogens is 2. The van der Waals surface area contributed by atoms with Gasteiger partial charge in [-0.15, -0.1) is 0 Å². The van der Waals surface area contributed by atoms with E-state index in [0.29, 0.717) is 0 Å². The van der Waals surface area contributed by atoms with Gasteiger partial charge in [0.2, 0.25) is 0 Å². The Kier molecular flexibility index (Phi) is 3.67. The number of aryl methyl sites for hydroxylation is 1. The quantitative estimate of drug-likeness (QED) is 0.901. The van der Waals surface area contributed by atoms with Crippen LogP contribution in [-0.4, -0.2) is 21.0 Å². The summed E-state index contributed by atoms with van der Waals surface area (Å²) >= 11 is 0. The fraction of sp³-hybridized carbons (Fsp3) is 0.357. The van der Waals surface area contributed by atoms with Crippen LogP contribution in [0.25, 0.3) is 5.69 Å². The summed E-state index contributed by atoms with van der Waals surface area (Å²) in [5, 5.41) is 13.6. The minimum atomic E-state index is -0.00273. The average Bonchev–Trinajstić information content (AvgIpc) is 2.76. The van der Waals surface area contributed by atoms with Crippen molar-refractivity contribution in [2.75, 3.05) is 0 Å². The predicted octanol–water partition coefficient (Wildman–Crippen LogP) is 2.46. The number of rotatable bonds is 4. The number of benzene rings is 1. The molecule has 0 atom stereocenters. The Morgan fingerprint density at radius 3 is 2.83 bits per heavy atom. The molecule has 0 fully saturated rings. The maximum atomic E-state index is 9.38. The van der Waals surface area contributed by atoms with Crippen LogP contribution in [-0.2, 0) is 6.61 Å². The number of hydrogen-bond acceptors (Lipinski definition) is 3. The summed E-state index contributed by atoms with van der Waals surface area (Å²) in [5.74, 6) is 0.731. The van der Waals surface area contributed by atoms with Crippen LogP contribution < -0.4 is 4.74 Å². The molecule has 2 rings (SSSR count). The second-order valence-corrected chi connectivity index (χ2v) is 4.58. The van der Waals surface area contributed by atoms with E-state index in [-0.39, 0.29) is 12.7 Å². The fourth-order valence-electron chi connectivity index (χ4n) is 1.84. The molecule has 0 aliphatic heterocycles. The molecule has 0 radical (unpaired) electrons. The molecule has 96 valence electrons. The molecule has 4 heteroatoms. The van der Waals surface area contributed by atoms with E-state index in [4.69, 9.17) is 4.74 Å². The van der Waals surface area contributed by atoms with Crippen molar-refractivity contribution in [3.05, 3.63) is 41.7 Å². The molecule has 0 spiro atoms. The van der Waals surface area contributed by atoms with Gasteiger partial charge in [-0.3, -0.25) is 0 Å². The van der Waals surface area contributed by atoms with Gasteiger partial charge < -0.3 is 9.84 Å². The fourth-order valence-corrected chi connectivity index (χ4v) is 1.84. The van der Waals surface area contributed by atoms with Crippen LogP contribution in [0, 0.1) is 6.92 Å². The van der Waals surface area contributed by atoms with Crippen LogP contribution in [0.15, 0.2) is 30.6 Å². The molecule has 0 amide bonds. The molecule has 1 aromatic carbocycles. The third kappa shape index (κ3) is 2.71. The van der Waals surface area contributed by atoms with Crippen molar-refractivity contribution in [2.45, 2.75) is 33.5 Å². The first-order chi connectivity index (χ1) is 8.60. The minimum absolute atomic E-state index is 0.00273. The monoisotopic (exact) mass is 246 g/mol. The zero-order valence-electron chi connectivity index (χ0n) is 10.9. The third-order valence-electron chi connectivity index (χ3n) is 2.58. The van der Waals surface area contributed by atoms with Crippen molar-refractivity contribution in [3.8, 4) is 11.4 Å². The summed E-state index contributed by atoms with van der Waals surface area (Å²) in [4.78, 5) is 0. The van der Waals surface area contributed by atoms with E-state index in [1.807, 2.05) is 45.2 Å². The van der Waals surface area contributed by atoms with Gasteiger partial charge in [0.15, 0.2) is 5.75 Å². The van der Waals surface area contributed by atoms with Gasteiger partial charge in [-0.05, 0) is 26.8 Å². The first-order valence-corrected chi connectivity index (χ1v) is 6.02. The van der Waals surface area contributed by atoms with Crippen LogP contribution in [0.2, 0.25) is 0 Å². The maximum absolute atomic E-state index is 9.38. The van der Waals surface area contributed by atoms with E-state index >= 15 is 0 Å². The highest BCUT2D eigenvalue weighted by atomic mass is 16.5.